The molecule has 0 fully saturated rings. The molecular formula is C21H27N5OS2. The maximum Gasteiger partial charge on any atom is 0.194 e. The summed E-state index contributed by atoms with van der Waals surface area (Å²) in [5.74, 6) is 0.844. The lowest BCUT2D eigenvalue weighted by molar-refractivity contribution is 0.119. The second-order valence-electron chi connectivity index (χ2n) is 6.59. The summed E-state index contributed by atoms with van der Waals surface area (Å²) in [5.41, 5.74) is 3.13. The van der Waals surface area contributed by atoms with Gasteiger partial charge in [-0.1, -0.05) is 30.3 Å². The molecule has 29 heavy (non-hydrogen) atoms. The molecule has 0 aliphatic rings. The number of thiazole rings is 2. The number of aromatic nitrogens is 2. The van der Waals surface area contributed by atoms with Crippen molar-refractivity contribution in [2.75, 3.05) is 20.7 Å². The first-order valence-electron chi connectivity index (χ1n) is 9.57. The molecule has 0 amide bonds. The highest BCUT2D eigenvalue weighted by molar-refractivity contribution is 7.13. The van der Waals surface area contributed by atoms with E-state index in [1.165, 1.54) is 0 Å². The molecule has 2 heterocycles. The zero-order valence-electron chi connectivity index (χ0n) is 17.3. The van der Waals surface area contributed by atoms with E-state index < -0.39 is 0 Å². The van der Waals surface area contributed by atoms with E-state index in [0.29, 0.717) is 13.1 Å². The summed E-state index contributed by atoms with van der Waals surface area (Å²) in [6.45, 7) is 6.11. The van der Waals surface area contributed by atoms with Crippen LogP contribution in [0.2, 0.25) is 0 Å². The van der Waals surface area contributed by atoms with E-state index in [4.69, 9.17) is 14.7 Å². The van der Waals surface area contributed by atoms with Crippen molar-refractivity contribution in [1.82, 2.24) is 20.2 Å². The molecule has 0 aliphatic heterocycles. The fraction of sp³-hybridized carbons (Fsp3) is 0.381. The van der Waals surface area contributed by atoms with Crippen molar-refractivity contribution in [2.24, 2.45) is 4.99 Å². The van der Waals surface area contributed by atoms with E-state index in [-0.39, 0.29) is 6.10 Å². The Labute approximate surface area is 180 Å². The third kappa shape index (κ3) is 5.85. The number of guanidine groups is 1. The van der Waals surface area contributed by atoms with E-state index >= 15 is 0 Å². The van der Waals surface area contributed by atoms with Gasteiger partial charge in [0.05, 0.1) is 24.5 Å². The summed E-state index contributed by atoms with van der Waals surface area (Å²) in [6.07, 6.45) is 0.0180. The van der Waals surface area contributed by atoms with Gasteiger partial charge in [0.1, 0.15) is 16.1 Å². The Morgan fingerprint density at radius 2 is 1.93 bits per heavy atom. The molecule has 0 aliphatic carbocycles. The minimum atomic E-state index is 0.0180. The second kappa shape index (κ2) is 10.5. The maximum absolute atomic E-state index is 5.35. The van der Waals surface area contributed by atoms with Crippen molar-refractivity contribution >= 4 is 28.6 Å². The summed E-state index contributed by atoms with van der Waals surface area (Å²) in [6, 6.07) is 10.2. The SMILES string of the molecule is CCNC(=NCc1csc(-c2ccccc2)n1)N(C)Cc1csc(C(C)OC)n1. The predicted octanol–water partition coefficient (Wildman–Crippen LogP) is 4.57. The molecule has 3 rings (SSSR count). The number of nitrogens with zero attached hydrogens (tertiary/aromatic N) is 4. The number of hydrogen-bond donors (Lipinski definition) is 1. The molecule has 0 radical (unpaired) electrons. The highest BCUT2D eigenvalue weighted by Gasteiger charge is 2.13. The molecule has 0 spiro atoms. The fourth-order valence-electron chi connectivity index (χ4n) is 2.72. The molecule has 1 unspecified atom stereocenters. The molecule has 0 saturated heterocycles. The van der Waals surface area contributed by atoms with Crippen LogP contribution in [0, 0.1) is 0 Å². The van der Waals surface area contributed by atoms with Gasteiger partial charge in [-0.05, 0) is 13.8 Å². The third-order valence-electron chi connectivity index (χ3n) is 4.33. The minimum absolute atomic E-state index is 0.0180. The van der Waals surface area contributed by atoms with Crippen LogP contribution in [0.15, 0.2) is 46.1 Å². The van der Waals surface area contributed by atoms with Crippen molar-refractivity contribution in [2.45, 2.75) is 33.0 Å². The van der Waals surface area contributed by atoms with Gasteiger partial charge in [0.25, 0.3) is 0 Å². The summed E-state index contributed by atoms with van der Waals surface area (Å²) < 4.78 is 5.35. The highest BCUT2D eigenvalue weighted by atomic mass is 32.1. The second-order valence-corrected chi connectivity index (χ2v) is 8.34. The number of hydrogen-bond acceptors (Lipinski definition) is 6. The van der Waals surface area contributed by atoms with E-state index in [2.05, 4.69) is 45.0 Å². The van der Waals surface area contributed by atoms with Gasteiger partial charge in [-0.3, -0.25) is 0 Å². The van der Waals surface area contributed by atoms with Crippen LogP contribution in [-0.4, -0.2) is 41.5 Å². The lowest BCUT2D eigenvalue weighted by atomic mass is 10.2. The topological polar surface area (TPSA) is 62.6 Å². The smallest absolute Gasteiger partial charge is 0.194 e. The Bertz CT molecular complexity index is 922. The average Bonchev–Trinajstić information content (AvgIpc) is 3.41. The minimum Gasteiger partial charge on any atom is -0.375 e. The summed E-state index contributed by atoms with van der Waals surface area (Å²) in [5, 5.41) is 9.53. The molecule has 1 aromatic carbocycles. The molecule has 1 atom stereocenters. The normalized spacial score (nSPS) is 12.8. The molecular weight excluding hydrogens is 402 g/mol. The number of rotatable bonds is 8. The zero-order valence-corrected chi connectivity index (χ0v) is 18.9. The van der Waals surface area contributed by atoms with Crippen LogP contribution in [0.3, 0.4) is 0 Å². The van der Waals surface area contributed by atoms with Gasteiger partial charge >= 0.3 is 0 Å². The van der Waals surface area contributed by atoms with E-state index in [1.807, 2.05) is 32.2 Å². The van der Waals surface area contributed by atoms with Crippen LogP contribution < -0.4 is 5.32 Å². The molecule has 0 bridgehead atoms. The monoisotopic (exact) mass is 429 g/mol. The van der Waals surface area contributed by atoms with Gasteiger partial charge < -0.3 is 15.0 Å². The van der Waals surface area contributed by atoms with Gasteiger partial charge in [-0.25, -0.2) is 15.0 Å². The summed E-state index contributed by atoms with van der Waals surface area (Å²) >= 11 is 3.28. The number of ether oxygens (including phenoxy) is 1. The first-order chi connectivity index (χ1) is 14.1. The van der Waals surface area contributed by atoms with Crippen LogP contribution in [-0.2, 0) is 17.8 Å². The van der Waals surface area contributed by atoms with Crippen LogP contribution in [0.1, 0.15) is 36.3 Å². The molecule has 0 saturated carbocycles. The standard InChI is InChI=1S/C21H27N5OS2/c1-5-22-21(26(3)12-18-14-28-19(25-18)15(2)27-4)23-11-17-13-29-20(24-17)16-9-7-6-8-10-16/h6-10,13-15H,5,11-12H2,1-4H3,(H,22,23). The van der Waals surface area contributed by atoms with Crippen LogP contribution in [0.25, 0.3) is 10.6 Å². The average molecular weight is 430 g/mol. The Kier molecular flexibility index (Phi) is 7.74. The zero-order chi connectivity index (χ0) is 20.6. The summed E-state index contributed by atoms with van der Waals surface area (Å²) in [7, 11) is 3.73. The largest absolute Gasteiger partial charge is 0.375 e. The van der Waals surface area contributed by atoms with Gasteiger partial charge in [0.2, 0.25) is 0 Å². The summed E-state index contributed by atoms with van der Waals surface area (Å²) in [4.78, 5) is 16.3. The highest BCUT2D eigenvalue weighted by Crippen LogP contribution is 2.24. The molecule has 3 aromatic rings. The van der Waals surface area contributed by atoms with Crippen LogP contribution in [0.4, 0.5) is 0 Å². The lowest BCUT2D eigenvalue weighted by Gasteiger charge is -2.21. The molecule has 6 nitrogen and oxygen atoms in total. The van der Waals surface area contributed by atoms with Crippen molar-refractivity contribution < 1.29 is 4.74 Å². The Morgan fingerprint density at radius 1 is 1.17 bits per heavy atom. The van der Waals surface area contributed by atoms with Crippen LogP contribution in [0.5, 0.6) is 0 Å². The number of aliphatic imine (C=N–C) groups is 1. The molecule has 154 valence electrons. The van der Waals surface area contributed by atoms with E-state index in [9.17, 15) is 0 Å². The Hall–Kier alpha value is -2.29. The molecule has 8 heteroatoms. The first-order valence-corrected chi connectivity index (χ1v) is 11.3. The fourth-order valence-corrected chi connectivity index (χ4v) is 4.38. The Balaban J connectivity index is 1.66. The maximum atomic E-state index is 5.35. The number of methoxy groups -OCH3 is 1. The van der Waals surface area contributed by atoms with Crippen molar-refractivity contribution in [3.05, 3.63) is 57.5 Å². The van der Waals surface area contributed by atoms with Gasteiger partial charge in [0, 0.05) is 37.0 Å². The van der Waals surface area contributed by atoms with E-state index in [1.54, 1.807) is 29.8 Å². The van der Waals surface area contributed by atoms with Gasteiger partial charge in [-0.2, -0.15) is 0 Å². The van der Waals surface area contributed by atoms with Crippen LogP contribution >= 0.6 is 22.7 Å². The van der Waals surface area contributed by atoms with Crippen molar-refractivity contribution in [3.63, 3.8) is 0 Å². The van der Waals surface area contributed by atoms with Crippen molar-refractivity contribution in [1.29, 1.82) is 0 Å². The lowest BCUT2D eigenvalue weighted by Crippen LogP contribution is -2.38. The number of nitrogens with one attached hydrogen (secondary N) is 1. The third-order valence-corrected chi connectivity index (χ3v) is 6.32. The molecule has 2 aromatic heterocycles. The first kappa shape index (κ1) is 21.4. The van der Waals surface area contributed by atoms with Crippen molar-refractivity contribution in [3.8, 4) is 10.6 Å². The van der Waals surface area contributed by atoms with Gasteiger partial charge in [-0.15, -0.1) is 22.7 Å². The quantitative estimate of drug-likeness (QED) is 0.420. The molecule has 1 N–H and O–H groups in total. The predicted molar refractivity (Wildman–Crippen MR) is 121 cm³/mol. The van der Waals surface area contributed by atoms with E-state index in [0.717, 1.165) is 39.5 Å². The Morgan fingerprint density at radius 3 is 2.66 bits per heavy atom. The van der Waals surface area contributed by atoms with Gasteiger partial charge in [0.15, 0.2) is 5.96 Å². The number of benzene rings is 1.